The van der Waals surface area contributed by atoms with Gasteiger partial charge in [-0.1, -0.05) is 19.8 Å². The van der Waals surface area contributed by atoms with Crippen molar-refractivity contribution in [3.63, 3.8) is 0 Å². The zero-order chi connectivity index (χ0) is 19.3. The van der Waals surface area contributed by atoms with E-state index in [1.54, 1.807) is 20.1 Å². The quantitative estimate of drug-likeness (QED) is 0.656. The molecule has 1 atom stereocenters. The molecule has 0 aliphatic rings. The van der Waals surface area contributed by atoms with E-state index in [1.807, 2.05) is 19.9 Å². The summed E-state index contributed by atoms with van der Waals surface area (Å²) in [7, 11) is 1.58. The van der Waals surface area contributed by atoms with Crippen LogP contribution in [0.2, 0.25) is 0 Å². The number of nitrogens with one attached hydrogen (secondary N) is 1. The molecule has 7 heteroatoms. The summed E-state index contributed by atoms with van der Waals surface area (Å²) in [6.07, 6.45) is 6.52. The van der Waals surface area contributed by atoms with Crippen LogP contribution in [0.1, 0.15) is 37.8 Å². The number of aliphatic hydroxyl groups excluding tert-OH is 1. The number of rotatable bonds is 7. The molecule has 0 fully saturated rings. The number of anilines is 2. The highest BCUT2D eigenvalue weighted by Gasteiger charge is 2.16. The summed E-state index contributed by atoms with van der Waals surface area (Å²) in [5.41, 5.74) is 7.50. The molecule has 0 amide bonds. The fraction of sp³-hybridized carbons (Fsp3) is 0.368. The van der Waals surface area contributed by atoms with Crippen LogP contribution in [0.25, 0.3) is 0 Å². The number of nitrogens with two attached hydrogens (primary N) is 1. The Morgan fingerprint density at radius 1 is 1.27 bits per heavy atom. The van der Waals surface area contributed by atoms with E-state index in [0.29, 0.717) is 35.3 Å². The number of hydrogen-bond donors (Lipinski definition) is 3. The first-order chi connectivity index (χ1) is 12.3. The molecule has 0 bridgehead atoms. The van der Waals surface area contributed by atoms with Crippen molar-refractivity contribution in [2.45, 2.75) is 32.8 Å². The van der Waals surface area contributed by atoms with Crippen LogP contribution in [-0.2, 0) is 0 Å². The minimum Gasteiger partial charge on any atom is -0.495 e. The Labute approximate surface area is 153 Å². The Balaban J connectivity index is 2.34. The van der Waals surface area contributed by atoms with Crippen LogP contribution in [0, 0.1) is 12.3 Å². The zero-order valence-electron chi connectivity index (χ0n) is 15.4. The number of nitrogens with zero attached hydrogens (tertiary/aromatic N) is 2. The topological polar surface area (TPSA) is 103 Å². The highest BCUT2D eigenvalue weighted by atomic mass is 16.5. The highest BCUT2D eigenvalue weighted by molar-refractivity contribution is 5.57. The van der Waals surface area contributed by atoms with Crippen molar-refractivity contribution in [2.75, 3.05) is 24.7 Å². The number of nitrogen functional groups attached to an aromatic ring is 1. The van der Waals surface area contributed by atoms with Gasteiger partial charge in [-0.15, -0.1) is 6.42 Å². The summed E-state index contributed by atoms with van der Waals surface area (Å²) < 4.78 is 11.3. The van der Waals surface area contributed by atoms with Gasteiger partial charge >= 0.3 is 0 Å². The van der Waals surface area contributed by atoms with Crippen molar-refractivity contribution in [1.82, 2.24) is 9.97 Å². The van der Waals surface area contributed by atoms with Crippen molar-refractivity contribution in [2.24, 2.45) is 0 Å². The SMILES string of the molecule is C#Cc1cc(Oc2cnc(NCC(C)O)nc2N)c(C(C)C)cc1OC. The van der Waals surface area contributed by atoms with Crippen molar-refractivity contribution in [3.8, 4) is 29.6 Å². The molecule has 0 saturated heterocycles. The molecule has 1 aromatic carbocycles. The van der Waals surface area contributed by atoms with Crippen molar-refractivity contribution in [1.29, 1.82) is 0 Å². The Kier molecular flexibility index (Phi) is 6.26. The van der Waals surface area contributed by atoms with Crippen LogP contribution in [0.5, 0.6) is 17.2 Å². The number of benzene rings is 1. The molecular weight excluding hydrogens is 332 g/mol. The normalized spacial score (nSPS) is 11.7. The maximum absolute atomic E-state index is 9.31. The van der Waals surface area contributed by atoms with E-state index in [0.717, 1.165) is 5.56 Å². The molecule has 138 valence electrons. The first-order valence-corrected chi connectivity index (χ1v) is 8.26. The molecule has 4 N–H and O–H groups in total. The monoisotopic (exact) mass is 356 g/mol. The molecule has 0 radical (unpaired) electrons. The largest absolute Gasteiger partial charge is 0.495 e. The number of terminal acetylenes is 1. The smallest absolute Gasteiger partial charge is 0.224 e. The number of aromatic nitrogens is 2. The van der Waals surface area contributed by atoms with E-state index >= 15 is 0 Å². The lowest BCUT2D eigenvalue weighted by Gasteiger charge is -2.17. The summed E-state index contributed by atoms with van der Waals surface area (Å²) in [5, 5.41) is 12.2. The molecule has 1 aromatic heterocycles. The van der Waals surface area contributed by atoms with Crippen LogP contribution < -0.4 is 20.5 Å². The molecule has 1 unspecified atom stereocenters. The third-order valence-electron chi connectivity index (χ3n) is 3.67. The van der Waals surface area contributed by atoms with Gasteiger partial charge in [0.15, 0.2) is 11.6 Å². The first-order valence-electron chi connectivity index (χ1n) is 8.26. The van der Waals surface area contributed by atoms with E-state index in [9.17, 15) is 5.11 Å². The molecule has 2 rings (SSSR count). The predicted molar refractivity (Wildman–Crippen MR) is 102 cm³/mol. The lowest BCUT2D eigenvalue weighted by atomic mass is 9.99. The third-order valence-corrected chi connectivity index (χ3v) is 3.67. The van der Waals surface area contributed by atoms with E-state index < -0.39 is 6.10 Å². The molecule has 1 heterocycles. The van der Waals surface area contributed by atoms with Crippen molar-refractivity contribution < 1.29 is 14.6 Å². The Morgan fingerprint density at radius 2 is 2.00 bits per heavy atom. The number of ether oxygens (including phenoxy) is 2. The molecular formula is C19H24N4O3. The Hall–Kier alpha value is -2.98. The Morgan fingerprint density at radius 3 is 2.54 bits per heavy atom. The average Bonchev–Trinajstić information content (AvgIpc) is 2.61. The molecule has 0 spiro atoms. The second-order valence-corrected chi connectivity index (χ2v) is 6.16. The fourth-order valence-electron chi connectivity index (χ4n) is 2.30. The van der Waals surface area contributed by atoms with Gasteiger partial charge in [-0.3, -0.25) is 0 Å². The van der Waals surface area contributed by atoms with Gasteiger partial charge in [0, 0.05) is 18.2 Å². The van der Waals surface area contributed by atoms with Crippen molar-refractivity contribution in [3.05, 3.63) is 29.5 Å². The van der Waals surface area contributed by atoms with E-state index in [2.05, 4.69) is 21.2 Å². The van der Waals surface area contributed by atoms with Gasteiger partial charge in [0.25, 0.3) is 0 Å². The highest BCUT2D eigenvalue weighted by Crippen LogP contribution is 2.37. The van der Waals surface area contributed by atoms with Crippen LogP contribution in [-0.4, -0.2) is 34.8 Å². The molecule has 0 aliphatic carbocycles. The first kappa shape index (κ1) is 19.3. The van der Waals surface area contributed by atoms with E-state index in [1.165, 1.54) is 6.20 Å². The second-order valence-electron chi connectivity index (χ2n) is 6.16. The number of methoxy groups -OCH3 is 1. The molecule has 0 saturated carbocycles. The van der Waals surface area contributed by atoms with Gasteiger partial charge in [-0.2, -0.15) is 4.98 Å². The summed E-state index contributed by atoms with van der Waals surface area (Å²) in [4.78, 5) is 8.30. The molecule has 2 aromatic rings. The molecule has 7 nitrogen and oxygen atoms in total. The van der Waals surface area contributed by atoms with Gasteiger partial charge in [0.1, 0.15) is 11.5 Å². The average molecular weight is 356 g/mol. The minimum atomic E-state index is -0.522. The summed E-state index contributed by atoms with van der Waals surface area (Å²) in [6.45, 7) is 6.06. The van der Waals surface area contributed by atoms with Gasteiger partial charge in [-0.25, -0.2) is 4.98 Å². The van der Waals surface area contributed by atoms with Crippen molar-refractivity contribution >= 4 is 11.8 Å². The van der Waals surface area contributed by atoms with Crippen LogP contribution in [0.15, 0.2) is 18.3 Å². The summed E-state index contributed by atoms with van der Waals surface area (Å²) in [5.74, 6) is 4.78. The second kappa shape index (κ2) is 8.41. The van der Waals surface area contributed by atoms with Gasteiger partial charge in [-0.05, 0) is 18.9 Å². The molecule has 26 heavy (non-hydrogen) atoms. The maximum Gasteiger partial charge on any atom is 0.224 e. The summed E-state index contributed by atoms with van der Waals surface area (Å²) >= 11 is 0. The third kappa shape index (κ3) is 4.55. The van der Waals surface area contributed by atoms with E-state index in [-0.39, 0.29) is 11.7 Å². The number of aliphatic hydroxyl groups is 1. The Bertz CT molecular complexity index is 813. The van der Waals surface area contributed by atoms with Gasteiger partial charge in [0.05, 0.1) is 25.0 Å². The van der Waals surface area contributed by atoms with Crippen LogP contribution in [0.3, 0.4) is 0 Å². The van der Waals surface area contributed by atoms with E-state index in [4.69, 9.17) is 21.6 Å². The standard InChI is InChI=1S/C19H24N4O3/c1-6-13-7-16(14(11(2)3)8-15(13)25-5)26-17-10-22-19(23-18(17)20)21-9-12(4)24/h1,7-8,10-12,24H,9H2,2-5H3,(H3,20,21,22,23). The maximum atomic E-state index is 9.31. The lowest BCUT2D eigenvalue weighted by Crippen LogP contribution is -2.17. The minimum absolute atomic E-state index is 0.180. The van der Waals surface area contributed by atoms with Gasteiger partial charge < -0.3 is 25.6 Å². The number of hydrogen-bond acceptors (Lipinski definition) is 7. The van der Waals surface area contributed by atoms with Gasteiger partial charge in [0.2, 0.25) is 5.95 Å². The fourth-order valence-corrected chi connectivity index (χ4v) is 2.30. The molecule has 0 aliphatic heterocycles. The summed E-state index contributed by atoms with van der Waals surface area (Å²) in [6, 6.07) is 3.61. The lowest BCUT2D eigenvalue weighted by molar-refractivity contribution is 0.208. The predicted octanol–water partition coefficient (Wildman–Crippen LogP) is 2.76. The van der Waals surface area contributed by atoms with Crippen LogP contribution >= 0.6 is 0 Å². The van der Waals surface area contributed by atoms with Crippen LogP contribution in [0.4, 0.5) is 11.8 Å². The zero-order valence-corrected chi connectivity index (χ0v) is 15.4.